The molecule has 2 nitrogen and oxygen atoms in total. The normalized spacial score (nSPS) is 13.4. The molecule has 6 heteroatoms. The van der Waals surface area contributed by atoms with Crippen molar-refractivity contribution in [1.82, 2.24) is 0 Å². The van der Waals surface area contributed by atoms with E-state index in [1.807, 2.05) is 6.92 Å². The molecule has 0 heterocycles. The first-order valence-electron chi connectivity index (χ1n) is 5.80. The summed E-state index contributed by atoms with van der Waals surface area (Å²) in [5.41, 5.74) is -0.370. The van der Waals surface area contributed by atoms with Crippen molar-refractivity contribution < 1.29 is 22.4 Å². The topological polar surface area (TPSA) is 18.5 Å². The second kappa shape index (κ2) is 6.13. The zero-order chi connectivity index (χ0) is 13.8. The van der Waals surface area contributed by atoms with Crippen LogP contribution in [-0.4, -0.2) is 26.8 Å². The van der Waals surface area contributed by atoms with Gasteiger partial charge in [0.25, 0.3) is 0 Å². The van der Waals surface area contributed by atoms with Crippen LogP contribution in [-0.2, 0) is 4.74 Å². The van der Waals surface area contributed by atoms with Crippen LogP contribution in [0.4, 0.5) is 12.9 Å². The lowest BCUT2D eigenvalue weighted by Crippen LogP contribution is -2.36. The Morgan fingerprint density at radius 1 is 1.28 bits per heavy atom. The molecule has 0 saturated heterocycles. The van der Waals surface area contributed by atoms with Gasteiger partial charge in [-0.25, -0.2) is 0 Å². The average Bonchev–Trinajstić information content (AvgIpc) is 2.24. The van der Waals surface area contributed by atoms with E-state index in [4.69, 9.17) is 9.47 Å². The molecule has 0 saturated carbocycles. The van der Waals surface area contributed by atoms with Crippen molar-refractivity contribution in [3.05, 3.63) is 23.8 Å². The van der Waals surface area contributed by atoms with Gasteiger partial charge < -0.3 is 22.4 Å². The quantitative estimate of drug-likeness (QED) is 0.733. The molecule has 0 aliphatic rings. The molecule has 0 N–H and O–H groups in total. The summed E-state index contributed by atoms with van der Waals surface area (Å²) in [6.07, 6.45) is 0.604. The van der Waals surface area contributed by atoms with Crippen LogP contribution in [0.2, 0.25) is 0 Å². The van der Waals surface area contributed by atoms with Gasteiger partial charge in [0.15, 0.2) is 0 Å². The highest BCUT2D eigenvalue weighted by atomic mass is 19.4. The summed E-state index contributed by atoms with van der Waals surface area (Å²) in [5.74, 6) is 0.458. The summed E-state index contributed by atoms with van der Waals surface area (Å²) >= 11 is 0. The van der Waals surface area contributed by atoms with Gasteiger partial charge in [0, 0.05) is 20.1 Å². The number of methoxy groups -OCH3 is 1. The van der Waals surface area contributed by atoms with Crippen LogP contribution in [0.5, 0.6) is 5.75 Å². The molecular formula is C12H17BF3O2-. The zero-order valence-electron chi connectivity index (χ0n) is 10.8. The first-order chi connectivity index (χ1) is 8.34. The predicted molar refractivity (Wildman–Crippen MR) is 66.5 cm³/mol. The zero-order valence-corrected chi connectivity index (χ0v) is 10.8. The summed E-state index contributed by atoms with van der Waals surface area (Å²) in [6, 6.07) is 3.86. The lowest BCUT2D eigenvalue weighted by Gasteiger charge is -2.20. The smallest absolute Gasteiger partial charge is 0.491 e. The lowest BCUT2D eigenvalue weighted by molar-refractivity contribution is 0.135. The van der Waals surface area contributed by atoms with Crippen molar-refractivity contribution in [2.75, 3.05) is 13.7 Å². The van der Waals surface area contributed by atoms with Crippen LogP contribution in [0.1, 0.15) is 18.9 Å². The van der Waals surface area contributed by atoms with Gasteiger partial charge in [0.05, 0.1) is 6.10 Å². The van der Waals surface area contributed by atoms with Gasteiger partial charge in [-0.1, -0.05) is 11.6 Å². The van der Waals surface area contributed by atoms with E-state index >= 15 is 0 Å². The van der Waals surface area contributed by atoms with Crippen LogP contribution in [0.3, 0.4) is 0 Å². The molecule has 0 amide bonds. The van der Waals surface area contributed by atoms with Crippen LogP contribution in [0.25, 0.3) is 0 Å². The highest BCUT2D eigenvalue weighted by Gasteiger charge is 2.27. The van der Waals surface area contributed by atoms with Crippen molar-refractivity contribution >= 4 is 12.4 Å². The fourth-order valence-corrected chi connectivity index (χ4v) is 1.66. The van der Waals surface area contributed by atoms with Gasteiger partial charge in [-0.05, 0) is 26.0 Å². The monoisotopic (exact) mass is 261 g/mol. The minimum atomic E-state index is -4.96. The molecule has 0 bridgehead atoms. The van der Waals surface area contributed by atoms with E-state index in [-0.39, 0.29) is 11.7 Å². The number of hydrogen-bond donors (Lipinski definition) is 0. The number of benzene rings is 1. The van der Waals surface area contributed by atoms with Crippen molar-refractivity contribution in [2.45, 2.75) is 26.4 Å². The number of rotatable bonds is 6. The van der Waals surface area contributed by atoms with E-state index in [1.165, 1.54) is 19.1 Å². The molecule has 0 radical (unpaired) electrons. The van der Waals surface area contributed by atoms with E-state index in [9.17, 15) is 12.9 Å². The second-order valence-corrected chi connectivity index (χ2v) is 4.30. The van der Waals surface area contributed by atoms with Crippen molar-refractivity contribution in [3.8, 4) is 5.75 Å². The highest BCUT2D eigenvalue weighted by Crippen LogP contribution is 2.18. The largest absolute Gasteiger partial charge is 0.509 e. The third kappa shape index (κ3) is 4.25. The van der Waals surface area contributed by atoms with E-state index < -0.39 is 12.4 Å². The second-order valence-electron chi connectivity index (χ2n) is 4.30. The molecule has 102 valence electrons. The molecule has 1 atom stereocenters. The molecule has 1 unspecified atom stereocenters. The minimum Gasteiger partial charge on any atom is -0.491 e. The van der Waals surface area contributed by atoms with Gasteiger partial charge in [-0.3, -0.25) is 0 Å². The summed E-state index contributed by atoms with van der Waals surface area (Å²) in [4.78, 5) is 0. The fourth-order valence-electron chi connectivity index (χ4n) is 1.66. The average molecular weight is 261 g/mol. The Morgan fingerprint density at radius 3 is 2.44 bits per heavy atom. The Labute approximate surface area is 105 Å². The number of ether oxygens (including phenoxy) is 2. The Balaban J connectivity index is 2.73. The maximum Gasteiger partial charge on any atom is 0.509 e. The first-order valence-corrected chi connectivity index (χ1v) is 5.80. The van der Waals surface area contributed by atoms with Gasteiger partial charge in [-0.2, -0.15) is 0 Å². The Morgan fingerprint density at radius 2 is 1.94 bits per heavy atom. The molecular weight excluding hydrogens is 244 g/mol. The molecule has 0 aromatic heterocycles. The summed E-state index contributed by atoms with van der Waals surface area (Å²) in [5, 5.41) is 0. The van der Waals surface area contributed by atoms with Gasteiger partial charge in [0.1, 0.15) is 5.75 Å². The highest BCUT2D eigenvalue weighted by molar-refractivity contribution is 6.74. The number of halogens is 3. The molecule has 0 aliphatic heterocycles. The van der Waals surface area contributed by atoms with Crippen LogP contribution >= 0.6 is 0 Å². The summed E-state index contributed by atoms with van der Waals surface area (Å²) in [7, 11) is 1.59. The standard InChI is InChI=1S/C12H17BF3O2/c1-9-8-11(18-10(2)6-7-17-3)4-5-12(9)13(14,15)16/h4-5,8,10H,6-7H2,1-3H3/q-1. The predicted octanol–water partition coefficient (Wildman–Crippen LogP) is 2.85. The SMILES string of the molecule is COCCC(C)Oc1ccc([B-](F)(F)F)c(C)c1. The summed E-state index contributed by atoms with van der Waals surface area (Å²) < 4.78 is 48.3. The maximum atomic E-state index is 12.6. The van der Waals surface area contributed by atoms with Crippen LogP contribution in [0, 0.1) is 6.92 Å². The Bertz CT molecular complexity index is 393. The van der Waals surface area contributed by atoms with E-state index in [0.29, 0.717) is 18.8 Å². The van der Waals surface area contributed by atoms with Crippen molar-refractivity contribution in [3.63, 3.8) is 0 Å². The molecule has 1 aromatic rings. The van der Waals surface area contributed by atoms with Gasteiger partial charge >= 0.3 is 6.98 Å². The van der Waals surface area contributed by atoms with Crippen molar-refractivity contribution in [2.24, 2.45) is 0 Å². The van der Waals surface area contributed by atoms with E-state index in [2.05, 4.69) is 0 Å². The van der Waals surface area contributed by atoms with Crippen LogP contribution in [0.15, 0.2) is 18.2 Å². The molecule has 1 aromatic carbocycles. The van der Waals surface area contributed by atoms with Crippen molar-refractivity contribution in [1.29, 1.82) is 0 Å². The minimum absolute atomic E-state index is 0.0911. The van der Waals surface area contributed by atoms with E-state index in [0.717, 1.165) is 6.07 Å². The third-order valence-corrected chi connectivity index (χ3v) is 2.66. The van der Waals surface area contributed by atoms with Gasteiger partial charge in [-0.15, -0.1) is 5.46 Å². The molecule has 0 fully saturated rings. The molecule has 1 rings (SSSR count). The van der Waals surface area contributed by atoms with Crippen LogP contribution < -0.4 is 10.2 Å². The maximum absolute atomic E-state index is 12.6. The third-order valence-electron chi connectivity index (χ3n) is 2.66. The molecule has 0 spiro atoms. The number of aryl methyl sites for hydroxylation is 1. The number of hydrogen-bond acceptors (Lipinski definition) is 2. The summed E-state index contributed by atoms with van der Waals surface area (Å²) in [6.45, 7) is -1.10. The first kappa shape index (κ1) is 14.9. The molecule has 18 heavy (non-hydrogen) atoms. The lowest BCUT2D eigenvalue weighted by atomic mass is 9.77. The molecule has 0 aliphatic carbocycles. The Hall–Kier alpha value is -1.17. The fraction of sp³-hybridized carbons (Fsp3) is 0.500. The van der Waals surface area contributed by atoms with Gasteiger partial charge in [0.2, 0.25) is 0 Å². The van der Waals surface area contributed by atoms with E-state index in [1.54, 1.807) is 7.11 Å². The Kier molecular flexibility index (Phi) is 5.08.